The highest BCUT2D eigenvalue weighted by Crippen LogP contribution is 2.51. The van der Waals surface area contributed by atoms with Crippen LogP contribution in [0.3, 0.4) is 0 Å². The van der Waals surface area contributed by atoms with Gasteiger partial charge >= 0.3 is 5.97 Å². The third-order valence-electron chi connectivity index (χ3n) is 8.35. The number of hydrogen-bond donors (Lipinski definition) is 1. The van der Waals surface area contributed by atoms with Gasteiger partial charge in [-0.05, 0) is 96.4 Å². The first-order valence-electron chi connectivity index (χ1n) is 12.1. The van der Waals surface area contributed by atoms with E-state index in [1.54, 1.807) is 12.1 Å². The minimum Gasteiger partial charge on any atom is -0.508 e. The highest BCUT2D eigenvalue weighted by atomic mass is 79.9. The summed E-state index contributed by atoms with van der Waals surface area (Å²) in [5.74, 6) is -0.132. The Bertz CT molecular complexity index is 971. The van der Waals surface area contributed by atoms with E-state index in [-0.39, 0.29) is 33.7 Å². The monoisotopic (exact) mass is 582 g/mol. The van der Waals surface area contributed by atoms with Gasteiger partial charge in [-0.15, -0.1) is 0 Å². The highest BCUT2D eigenvalue weighted by Gasteiger charge is 2.49. The molecule has 1 aromatic carbocycles. The molecule has 0 radical (unpaired) electrons. The van der Waals surface area contributed by atoms with E-state index in [4.69, 9.17) is 9.47 Å². The van der Waals surface area contributed by atoms with Crippen LogP contribution in [0.1, 0.15) is 89.1 Å². The third-order valence-corrected chi connectivity index (χ3v) is 11.2. The number of benzene rings is 1. The summed E-state index contributed by atoms with van der Waals surface area (Å²) in [5, 5.41) is 10.7. The Morgan fingerprint density at radius 2 is 1.76 bits per heavy atom. The molecule has 1 fully saturated rings. The number of carbonyl (C=O) groups is 1. The smallest absolute Gasteiger partial charge is 0.338 e. The van der Waals surface area contributed by atoms with Crippen molar-refractivity contribution in [3.8, 4) is 5.75 Å². The number of allylic oxidation sites excluding steroid dienone is 2. The van der Waals surface area contributed by atoms with E-state index >= 15 is 0 Å². The second kappa shape index (κ2) is 8.98. The molecule has 1 aliphatic carbocycles. The molecule has 6 heteroatoms. The maximum atomic E-state index is 13.1. The van der Waals surface area contributed by atoms with Crippen molar-refractivity contribution in [3.05, 3.63) is 40.5 Å². The van der Waals surface area contributed by atoms with Gasteiger partial charge in [-0.1, -0.05) is 49.9 Å². The van der Waals surface area contributed by atoms with E-state index in [2.05, 4.69) is 52.6 Å². The lowest BCUT2D eigenvalue weighted by atomic mass is 9.66. The highest BCUT2D eigenvalue weighted by molar-refractivity contribution is 9.09. The van der Waals surface area contributed by atoms with Gasteiger partial charge in [0.25, 0.3) is 0 Å². The summed E-state index contributed by atoms with van der Waals surface area (Å²) in [5.41, 5.74) is 3.02. The fraction of sp³-hybridized carbons (Fsp3) is 0.667. The van der Waals surface area contributed by atoms with Crippen molar-refractivity contribution in [2.75, 3.05) is 0 Å². The van der Waals surface area contributed by atoms with E-state index in [0.717, 1.165) is 44.1 Å². The normalized spacial score (nSPS) is 37.1. The summed E-state index contributed by atoms with van der Waals surface area (Å²) < 4.78 is 12.6. The molecule has 1 saturated heterocycles. The lowest BCUT2D eigenvalue weighted by molar-refractivity contribution is -0.214. The molecule has 0 aromatic heterocycles. The predicted octanol–water partition coefficient (Wildman–Crippen LogP) is 7.25. The Morgan fingerprint density at radius 1 is 1.03 bits per heavy atom. The standard InChI is InChI=1S/C27H36Br2O4/c1-16-6-9-21(28)26(4)12-10-22(29)27(5)13-11-23(25(2,3)33-27)32-24(31)17-7-8-20(30)18(14-17)15-19(16)26/h7-8,14,21-23,30H,6,9-13,15H2,1-5H3/t21-,22+,23?,26-,27+/m0/s1. The molecule has 0 saturated carbocycles. The molecule has 4 aliphatic rings. The van der Waals surface area contributed by atoms with Gasteiger partial charge in [-0.2, -0.15) is 0 Å². The lowest BCUT2D eigenvalue weighted by Crippen LogP contribution is -2.56. The number of phenols is 1. The van der Waals surface area contributed by atoms with Crippen LogP contribution in [-0.2, 0) is 15.9 Å². The van der Waals surface area contributed by atoms with Gasteiger partial charge in [0.05, 0.1) is 11.2 Å². The molecule has 0 amide bonds. The zero-order valence-electron chi connectivity index (χ0n) is 20.3. The van der Waals surface area contributed by atoms with Crippen molar-refractivity contribution in [3.63, 3.8) is 0 Å². The van der Waals surface area contributed by atoms with Crippen molar-refractivity contribution >= 4 is 37.8 Å². The van der Waals surface area contributed by atoms with Crippen molar-refractivity contribution in [2.45, 2.75) is 107 Å². The third kappa shape index (κ3) is 4.69. The van der Waals surface area contributed by atoms with Crippen LogP contribution in [-0.4, -0.2) is 38.0 Å². The number of hydrogen-bond acceptors (Lipinski definition) is 4. The van der Waals surface area contributed by atoms with E-state index < -0.39 is 5.60 Å². The largest absolute Gasteiger partial charge is 0.508 e. The fourth-order valence-electron chi connectivity index (χ4n) is 6.03. The van der Waals surface area contributed by atoms with Crippen LogP contribution in [0.5, 0.6) is 5.75 Å². The summed E-state index contributed by atoms with van der Waals surface area (Å²) in [6.07, 6.45) is 6.00. The van der Waals surface area contributed by atoms with Crippen molar-refractivity contribution < 1.29 is 19.4 Å². The first-order valence-corrected chi connectivity index (χ1v) is 13.9. The van der Waals surface area contributed by atoms with Gasteiger partial charge in [0.1, 0.15) is 17.5 Å². The van der Waals surface area contributed by atoms with Crippen molar-refractivity contribution in [1.29, 1.82) is 0 Å². The molecule has 1 unspecified atom stereocenters. The first-order chi connectivity index (χ1) is 15.4. The first kappa shape index (κ1) is 25.2. The Labute approximate surface area is 214 Å². The van der Waals surface area contributed by atoms with Gasteiger partial charge in [0.15, 0.2) is 0 Å². The summed E-state index contributed by atoms with van der Waals surface area (Å²) in [7, 11) is 0. The summed E-state index contributed by atoms with van der Waals surface area (Å²) in [6.45, 7) is 10.8. The maximum absolute atomic E-state index is 13.1. The molecule has 4 nitrogen and oxygen atoms in total. The molecular formula is C27H36Br2O4. The van der Waals surface area contributed by atoms with Crippen LogP contribution in [0.25, 0.3) is 0 Å². The van der Waals surface area contributed by atoms with E-state index in [1.165, 1.54) is 11.1 Å². The Morgan fingerprint density at radius 3 is 2.45 bits per heavy atom. The minimum absolute atomic E-state index is 0.0550. The molecule has 0 spiro atoms. The number of phenolic OH excluding ortho intramolecular Hbond substituents is 1. The number of fused-ring (bicyclic) bond motifs is 5. The summed E-state index contributed by atoms with van der Waals surface area (Å²) in [6, 6.07) is 5.09. The van der Waals surface area contributed by atoms with Crippen molar-refractivity contribution in [1.82, 2.24) is 0 Å². The molecule has 182 valence electrons. The molecule has 4 bridgehead atoms. The predicted molar refractivity (Wildman–Crippen MR) is 139 cm³/mol. The van der Waals surface area contributed by atoms with Crippen molar-refractivity contribution in [2.24, 2.45) is 5.41 Å². The second-order valence-electron chi connectivity index (χ2n) is 11.2. The average molecular weight is 584 g/mol. The van der Waals surface area contributed by atoms with Gasteiger partial charge in [-0.25, -0.2) is 4.79 Å². The SMILES string of the molecule is CC1=C2Cc3cc(ccc3O)C(=O)OC3CC[C@@](C)(OC3(C)C)[C@H](Br)CC[C@]2(C)[C@@H](Br)CC1. The Balaban J connectivity index is 1.81. The van der Waals surface area contributed by atoms with E-state index in [0.29, 0.717) is 16.8 Å². The van der Waals surface area contributed by atoms with Gasteiger partial charge in [-0.3, -0.25) is 0 Å². The zero-order chi connectivity index (χ0) is 24.2. The second-order valence-corrected chi connectivity index (χ2v) is 13.4. The molecule has 3 heterocycles. The summed E-state index contributed by atoms with van der Waals surface area (Å²) >= 11 is 8.01. The quantitative estimate of drug-likeness (QED) is 0.199. The number of rotatable bonds is 0. The fourth-order valence-corrected chi connectivity index (χ4v) is 7.31. The molecule has 1 N–H and O–H groups in total. The average Bonchev–Trinajstić information content (AvgIpc) is 2.74. The molecule has 5 atom stereocenters. The molecule has 33 heavy (non-hydrogen) atoms. The molecule has 1 aromatic rings. The number of ether oxygens (including phenoxy) is 2. The number of alkyl halides is 2. The minimum atomic E-state index is -0.594. The Hall–Kier alpha value is -0.850. The van der Waals surface area contributed by atoms with Crippen LogP contribution in [0, 0.1) is 5.41 Å². The maximum Gasteiger partial charge on any atom is 0.338 e. The van der Waals surface area contributed by atoms with Gasteiger partial charge in [0, 0.05) is 15.1 Å². The zero-order valence-corrected chi connectivity index (χ0v) is 23.5. The number of aromatic hydroxyl groups is 1. The topological polar surface area (TPSA) is 55.8 Å². The van der Waals surface area contributed by atoms with Crippen LogP contribution in [0.15, 0.2) is 29.3 Å². The summed E-state index contributed by atoms with van der Waals surface area (Å²) in [4.78, 5) is 13.7. The van der Waals surface area contributed by atoms with Crippen LogP contribution in [0.2, 0.25) is 0 Å². The Kier molecular flexibility index (Phi) is 6.87. The molecular weight excluding hydrogens is 548 g/mol. The number of halogens is 2. The van der Waals surface area contributed by atoms with E-state index in [1.807, 2.05) is 19.9 Å². The number of esters is 1. The van der Waals surface area contributed by atoms with Gasteiger partial charge < -0.3 is 14.6 Å². The van der Waals surface area contributed by atoms with Gasteiger partial charge in [0.2, 0.25) is 0 Å². The number of carbonyl (C=O) groups excluding carboxylic acids is 1. The van der Waals surface area contributed by atoms with Crippen LogP contribution in [0.4, 0.5) is 0 Å². The molecule has 3 aliphatic heterocycles. The van der Waals surface area contributed by atoms with Crippen LogP contribution < -0.4 is 0 Å². The molecule has 5 rings (SSSR count). The van der Waals surface area contributed by atoms with Crippen LogP contribution >= 0.6 is 31.9 Å². The van der Waals surface area contributed by atoms with E-state index in [9.17, 15) is 9.90 Å². The lowest BCUT2D eigenvalue weighted by Gasteiger charge is -2.50.